The summed E-state index contributed by atoms with van der Waals surface area (Å²) < 4.78 is 6.11. The van der Waals surface area contributed by atoms with Crippen molar-refractivity contribution in [1.29, 1.82) is 5.26 Å². The predicted molar refractivity (Wildman–Crippen MR) is 74.7 cm³/mol. The Labute approximate surface area is 116 Å². The van der Waals surface area contributed by atoms with Crippen LogP contribution in [0.5, 0.6) is 5.75 Å². The van der Waals surface area contributed by atoms with Gasteiger partial charge in [-0.25, -0.2) is 0 Å². The molecule has 2 rings (SSSR count). The monoisotopic (exact) mass is 308 g/mol. The standard InChI is InChI=1S/C14H17BrN2O/c1-18-14-5-4-11(8-13(14)15)12(9-16)10-17-6-2-3-7-17/h4-5,8,12H,2-3,6-7,10H2,1H3. The average Bonchev–Trinajstić information content (AvgIpc) is 2.88. The first-order chi connectivity index (χ1) is 8.74. The zero-order valence-corrected chi connectivity index (χ0v) is 12.1. The minimum atomic E-state index is -0.0645. The molecule has 1 aromatic carbocycles. The van der Waals surface area contributed by atoms with E-state index in [1.54, 1.807) is 7.11 Å². The molecule has 96 valence electrons. The summed E-state index contributed by atoms with van der Waals surface area (Å²) in [7, 11) is 1.64. The van der Waals surface area contributed by atoms with Gasteiger partial charge in [-0.05, 0) is 59.6 Å². The third-order valence-corrected chi connectivity index (χ3v) is 3.99. The molecule has 1 aliphatic heterocycles. The van der Waals surface area contributed by atoms with Crippen LogP contribution in [0.3, 0.4) is 0 Å². The minimum Gasteiger partial charge on any atom is -0.496 e. The first kappa shape index (κ1) is 13.4. The number of nitriles is 1. The number of hydrogen-bond acceptors (Lipinski definition) is 3. The molecule has 3 nitrogen and oxygen atoms in total. The van der Waals surface area contributed by atoms with Crippen LogP contribution in [0.25, 0.3) is 0 Å². The first-order valence-electron chi connectivity index (χ1n) is 6.20. The SMILES string of the molecule is COc1ccc(C(C#N)CN2CCCC2)cc1Br. The molecule has 0 N–H and O–H groups in total. The lowest BCUT2D eigenvalue weighted by molar-refractivity contribution is 0.332. The molecule has 1 aromatic rings. The van der Waals surface area contributed by atoms with Crippen LogP contribution in [-0.2, 0) is 0 Å². The van der Waals surface area contributed by atoms with Crippen LogP contribution in [0.2, 0.25) is 0 Å². The number of hydrogen-bond donors (Lipinski definition) is 0. The normalized spacial score (nSPS) is 17.4. The van der Waals surface area contributed by atoms with Gasteiger partial charge < -0.3 is 9.64 Å². The van der Waals surface area contributed by atoms with Crippen LogP contribution >= 0.6 is 15.9 Å². The van der Waals surface area contributed by atoms with Crippen LogP contribution in [0.4, 0.5) is 0 Å². The summed E-state index contributed by atoms with van der Waals surface area (Å²) in [5, 5.41) is 9.33. The van der Waals surface area contributed by atoms with Crippen LogP contribution in [0, 0.1) is 11.3 Å². The Bertz CT molecular complexity index is 450. The number of nitrogens with zero attached hydrogens (tertiary/aromatic N) is 2. The summed E-state index contributed by atoms with van der Waals surface area (Å²) in [6.07, 6.45) is 2.51. The van der Waals surface area contributed by atoms with Gasteiger partial charge in [-0.2, -0.15) is 5.26 Å². The average molecular weight is 309 g/mol. The highest BCUT2D eigenvalue weighted by Gasteiger charge is 2.19. The highest BCUT2D eigenvalue weighted by molar-refractivity contribution is 9.10. The Morgan fingerprint density at radius 2 is 2.17 bits per heavy atom. The van der Waals surface area contributed by atoms with Gasteiger partial charge in [0.15, 0.2) is 0 Å². The summed E-state index contributed by atoms with van der Waals surface area (Å²) >= 11 is 3.47. The second-order valence-corrected chi connectivity index (χ2v) is 5.44. The largest absolute Gasteiger partial charge is 0.496 e. The van der Waals surface area contributed by atoms with E-state index in [1.165, 1.54) is 12.8 Å². The molecule has 1 atom stereocenters. The maximum absolute atomic E-state index is 9.33. The highest BCUT2D eigenvalue weighted by atomic mass is 79.9. The Morgan fingerprint density at radius 1 is 1.44 bits per heavy atom. The van der Waals surface area contributed by atoms with E-state index in [0.29, 0.717) is 0 Å². The summed E-state index contributed by atoms with van der Waals surface area (Å²) in [4.78, 5) is 2.37. The molecule has 0 aliphatic carbocycles. The van der Waals surface area contributed by atoms with Crippen molar-refractivity contribution in [3.63, 3.8) is 0 Å². The van der Waals surface area contributed by atoms with Crippen molar-refractivity contribution in [2.45, 2.75) is 18.8 Å². The highest BCUT2D eigenvalue weighted by Crippen LogP contribution is 2.29. The lowest BCUT2D eigenvalue weighted by Crippen LogP contribution is -2.25. The van der Waals surface area contributed by atoms with Gasteiger partial charge in [0.1, 0.15) is 5.75 Å². The molecule has 0 saturated carbocycles. The van der Waals surface area contributed by atoms with Crippen molar-refractivity contribution < 1.29 is 4.74 Å². The van der Waals surface area contributed by atoms with Crippen molar-refractivity contribution in [3.8, 4) is 11.8 Å². The molecular formula is C14H17BrN2O. The van der Waals surface area contributed by atoms with Gasteiger partial charge in [0.2, 0.25) is 0 Å². The maximum Gasteiger partial charge on any atom is 0.133 e. The van der Waals surface area contributed by atoms with Crippen molar-refractivity contribution in [3.05, 3.63) is 28.2 Å². The molecule has 0 bridgehead atoms. The Morgan fingerprint density at radius 3 is 2.72 bits per heavy atom. The fourth-order valence-electron chi connectivity index (χ4n) is 2.34. The molecule has 0 radical (unpaired) electrons. The Kier molecular flexibility index (Phi) is 4.62. The number of methoxy groups -OCH3 is 1. The predicted octanol–water partition coefficient (Wildman–Crippen LogP) is 3.16. The number of likely N-dealkylation sites (tertiary alicyclic amines) is 1. The van der Waals surface area contributed by atoms with Crippen LogP contribution in [0.1, 0.15) is 24.3 Å². The quantitative estimate of drug-likeness (QED) is 0.857. The minimum absolute atomic E-state index is 0.0645. The number of halogens is 1. The summed E-state index contributed by atoms with van der Waals surface area (Å²) in [5.41, 5.74) is 1.05. The maximum atomic E-state index is 9.33. The second-order valence-electron chi connectivity index (χ2n) is 4.58. The van der Waals surface area contributed by atoms with E-state index in [1.807, 2.05) is 18.2 Å². The van der Waals surface area contributed by atoms with Gasteiger partial charge in [-0.15, -0.1) is 0 Å². The van der Waals surface area contributed by atoms with Gasteiger partial charge in [-0.3, -0.25) is 0 Å². The lowest BCUT2D eigenvalue weighted by Gasteiger charge is -2.19. The van der Waals surface area contributed by atoms with E-state index in [2.05, 4.69) is 26.9 Å². The van der Waals surface area contributed by atoms with Crippen molar-refractivity contribution in [2.24, 2.45) is 0 Å². The van der Waals surface area contributed by atoms with Crippen molar-refractivity contribution >= 4 is 15.9 Å². The van der Waals surface area contributed by atoms with E-state index in [9.17, 15) is 5.26 Å². The van der Waals surface area contributed by atoms with Crippen LogP contribution in [0.15, 0.2) is 22.7 Å². The third-order valence-electron chi connectivity index (χ3n) is 3.37. The number of rotatable bonds is 4. The van der Waals surface area contributed by atoms with Gasteiger partial charge >= 0.3 is 0 Å². The van der Waals surface area contributed by atoms with E-state index in [0.717, 1.165) is 35.4 Å². The molecule has 4 heteroatoms. The molecule has 0 aromatic heterocycles. The summed E-state index contributed by atoms with van der Waals surface area (Å²) in [5.74, 6) is 0.738. The Hall–Kier alpha value is -1.05. The molecular weight excluding hydrogens is 292 g/mol. The smallest absolute Gasteiger partial charge is 0.133 e. The van der Waals surface area contributed by atoms with E-state index in [-0.39, 0.29) is 5.92 Å². The van der Waals surface area contributed by atoms with Gasteiger partial charge in [0.25, 0.3) is 0 Å². The van der Waals surface area contributed by atoms with Crippen LogP contribution in [-0.4, -0.2) is 31.6 Å². The summed E-state index contributed by atoms with van der Waals surface area (Å²) in [6.45, 7) is 3.07. The Balaban J connectivity index is 2.12. The number of ether oxygens (including phenoxy) is 1. The summed E-state index contributed by atoms with van der Waals surface area (Å²) in [6, 6.07) is 8.29. The van der Waals surface area contributed by atoms with Crippen molar-refractivity contribution in [1.82, 2.24) is 4.90 Å². The molecule has 1 fully saturated rings. The van der Waals surface area contributed by atoms with Gasteiger partial charge in [0, 0.05) is 6.54 Å². The van der Waals surface area contributed by atoms with E-state index in [4.69, 9.17) is 4.74 Å². The topological polar surface area (TPSA) is 36.3 Å². The van der Waals surface area contributed by atoms with Gasteiger partial charge in [0.05, 0.1) is 23.6 Å². The zero-order valence-electron chi connectivity index (χ0n) is 10.5. The first-order valence-corrected chi connectivity index (χ1v) is 6.99. The number of benzene rings is 1. The zero-order chi connectivity index (χ0) is 13.0. The fourth-order valence-corrected chi connectivity index (χ4v) is 2.90. The molecule has 1 unspecified atom stereocenters. The lowest BCUT2D eigenvalue weighted by atomic mass is 10.00. The van der Waals surface area contributed by atoms with Gasteiger partial charge in [-0.1, -0.05) is 6.07 Å². The molecule has 1 aliphatic rings. The molecule has 0 spiro atoms. The molecule has 0 amide bonds. The fraction of sp³-hybridized carbons (Fsp3) is 0.500. The molecule has 1 saturated heterocycles. The van der Waals surface area contributed by atoms with E-state index < -0.39 is 0 Å². The molecule has 1 heterocycles. The third kappa shape index (κ3) is 3.04. The van der Waals surface area contributed by atoms with Crippen LogP contribution < -0.4 is 4.74 Å². The second kappa shape index (κ2) is 6.21. The molecule has 18 heavy (non-hydrogen) atoms. The van der Waals surface area contributed by atoms with Crippen molar-refractivity contribution in [2.75, 3.05) is 26.7 Å². The van der Waals surface area contributed by atoms with E-state index >= 15 is 0 Å².